The molecule has 35 heavy (non-hydrogen) atoms. The van der Waals surface area contributed by atoms with E-state index in [-0.39, 0.29) is 23.4 Å². The lowest BCUT2D eigenvalue weighted by Gasteiger charge is -2.28. The zero-order valence-electron chi connectivity index (χ0n) is 19.6. The Balaban J connectivity index is 1.56. The quantitative estimate of drug-likeness (QED) is 0.301. The van der Waals surface area contributed by atoms with E-state index in [0.29, 0.717) is 23.2 Å². The second-order valence-electron chi connectivity index (χ2n) is 7.82. The van der Waals surface area contributed by atoms with Crippen molar-refractivity contribution in [1.29, 1.82) is 0 Å². The van der Waals surface area contributed by atoms with Gasteiger partial charge in [-0.3, -0.25) is 5.10 Å². The third-order valence-electron chi connectivity index (χ3n) is 5.32. The van der Waals surface area contributed by atoms with Crippen molar-refractivity contribution in [2.75, 3.05) is 36.6 Å². The second-order valence-corrected chi connectivity index (χ2v) is 9.05. The fourth-order valence-corrected chi connectivity index (χ4v) is 4.58. The van der Waals surface area contributed by atoms with Crippen molar-refractivity contribution in [3.8, 4) is 5.75 Å². The van der Waals surface area contributed by atoms with Gasteiger partial charge in [-0.25, -0.2) is 18.8 Å². The number of hydrogen-bond donors (Lipinski definition) is 3. The molecule has 1 aliphatic rings. The van der Waals surface area contributed by atoms with Gasteiger partial charge in [-0.05, 0) is 32.7 Å². The number of fused-ring (bicyclic) bond motifs is 1. The highest BCUT2D eigenvalue weighted by Gasteiger charge is 2.17. The van der Waals surface area contributed by atoms with Crippen LogP contribution in [0.25, 0.3) is 17.0 Å². The summed E-state index contributed by atoms with van der Waals surface area (Å²) in [4.78, 5) is 13.5. The lowest BCUT2D eigenvalue weighted by molar-refractivity contribution is 0.310. The molecule has 1 aromatic carbocycles. The van der Waals surface area contributed by atoms with Gasteiger partial charge >= 0.3 is 0 Å². The lowest BCUT2D eigenvalue weighted by atomic mass is 10.2. The van der Waals surface area contributed by atoms with E-state index in [4.69, 9.17) is 4.74 Å². The molecule has 0 spiro atoms. The van der Waals surface area contributed by atoms with E-state index in [1.165, 1.54) is 0 Å². The van der Waals surface area contributed by atoms with Crippen LogP contribution in [0.2, 0.25) is 0 Å². The monoisotopic (exact) mass is 499 g/mol. The van der Waals surface area contributed by atoms with Crippen LogP contribution < -0.4 is 10.1 Å². The summed E-state index contributed by atoms with van der Waals surface area (Å²) >= 11 is 1.86. The van der Waals surface area contributed by atoms with Crippen LogP contribution in [0.1, 0.15) is 18.3 Å². The van der Waals surface area contributed by atoms with Gasteiger partial charge in [0.25, 0.3) is 0 Å². The number of aromatic nitrogens is 3. The van der Waals surface area contributed by atoms with Crippen LogP contribution in [0.3, 0.4) is 0 Å². The normalized spacial score (nSPS) is 15.3. The maximum Gasteiger partial charge on any atom is 0.181 e. The topological polar surface area (TPSA) is 93.7 Å². The fraction of sp³-hybridized carbons (Fsp3) is 0.292. The molecule has 1 aliphatic heterocycles. The maximum absolute atomic E-state index is 14.9. The zero-order chi connectivity index (χ0) is 24.8. The van der Waals surface area contributed by atoms with Crippen molar-refractivity contribution in [2.45, 2.75) is 13.8 Å². The van der Waals surface area contributed by atoms with E-state index in [9.17, 15) is 8.78 Å². The Morgan fingerprint density at radius 1 is 1.31 bits per heavy atom. The van der Waals surface area contributed by atoms with Crippen molar-refractivity contribution >= 4 is 47.1 Å². The number of aryl methyl sites for hydroxylation is 1. The fourth-order valence-electron chi connectivity index (χ4n) is 3.68. The number of amidine groups is 1. The number of nitrogens with zero attached hydrogens (tertiary/aromatic N) is 4. The number of aliphatic imine (C=N–C) groups is 2. The summed E-state index contributed by atoms with van der Waals surface area (Å²) < 4.78 is 34.8. The highest BCUT2D eigenvalue weighted by atomic mass is 32.2. The Morgan fingerprint density at radius 3 is 2.86 bits per heavy atom. The lowest BCUT2D eigenvalue weighted by Crippen LogP contribution is -2.37. The van der Waals surface area contributed by atoms with Crippen molar-refractivity contribution in [2.24, 2.45) is 9.98 Å². The number of halogens is 2. The van der Waals surface area contributed by atoms with E-state index in [0.717, 1.165) is 36.4 Å². The predicted octanol–water partition coefficient (Wildman–Crippen LogP) is 4.95. The van der Waals surface area contributed by atoms with E-state index in [1.54, 1.807) is 19.1 Å². The first-order valence-electron chi connectivity index (χ1n) is 11.1. The molecular weight excluding hydrogens is 472 g/mol. The Bertz CT molecular complexity index is 1290. The highest BCUT2D eigenvalue weighted by molar-refractivity contribution is 7.99. The van der Waals surface area contributed by atoms with Gasteiger partial charge in [-0.15, -0.1) is 0 Å². The zero-order valence-corrected chi connectivity index (χ0v) is 20.4. The smallest absolute Gasteiger partial charge is 0.181 e. The van der Waals surface area contributed by atoms with Crippen molar-refractivity contribution in [3.63, 3.8) is 0 Å². The number of benzene rings is 1. The summed E-state index contributed by atoms with van der Waals surface area (Å²) in [7, 11) is 0. The summed E-state index contributed by atoms with van der Waals surface area (Å²) in [5.74, 6) is 2.13. The van der Waals surface area contributed by atoms with Crippen LogP contribution in [-0.4, -0.2) is 64.0 Å². The van der Waals surface area contributed by atoms with Gasteiger partial charge in [0.05, 0.1) is 11.2 Å². The molecular formula is C24H27F2N7OS. The third-order valence-corrected chi connectivity index (χ3v) is 6.26. The van der Waals surface area contributed by atoms with Crippen LogP contribution in [0.5, 0.6) is 5.75 Å². The molecule has 0 atom stereocenters. The van der Waals surface area contributed by atoms with Crippen LogP contribution in [0.15, 0.2) is 46.2 Å². The molecule has 0 saturated carbocycles. The molecule has 3 heterocycles. The Morgan fingerprint density at radius 2 is 2.11 bits per heavy atom. The molecule has 0 unspecified atom stereocenters. The predicted molar refractivity (Wildman–Crippen MR) is 139 cm³/mol. The Kier molecular flexibility index (Phi) is 7.86. The first kappa shape index (κ1) is 24.5. The Hall–Kier alpha value is -3.60. The van der Waals surface area contributed by atoms with Crippen LogP contribution in [0.4, 0.5) is 14.6 Å². The number of thioether (sulfide) groups is 1. The molecule has 0 radical (unpaired) electrons. The summed E-state index contributed by atoms with van der Waals surface area (Å²) in [6, 6.07) is 4.43. The molecule has 3 N–H and O–H groups in total. The van der Waals surface area contributed by atoms with Gasteiger partial charge in [0.2, 0.25) is 0 Å². The van der Waals surface area contributed by atoms with E-state index < -0.39 is 11.6 Å². The number of ether oxygens (including phenoxy) is 1. The van der Waals surface area contributed by atoms with Crippen LogP contribution in [0, 0.1) is 18.6 Å². The molecule has 8 nitrogen and oxygen atoms in total. The molecule has 1 fully saturated rings. The number of aromatic amines is 2. The minimum atomic E-state index is -0.627. The van der Waals surface area contributed by atoms with Gasteiger partial charge in [-0.2, -0.15) is 16.9 Å². The SMILES string of the molecule is C=N/C(=C\C(=N/COc1cc(F)c2[nH]c(C)cc2c1F)N1CCSCC1)Nc1cc(/C=C/C)[nH]n1. The standard InChI is InChI=1S/C24H27F2N7OS/c1-4-5-16-11-21(32-31-16)30-20(27-3)13-22(33-6-8-35-9-7-33)28-14-34-19-12-18(25)24-17(23(19)26)10-15(2)29-24/h4-5,10-13,29H,3,6-9,14H2,1-2H3,(H2,30,31,32)/b5-4+,20-13+,28-22+. The molecule has 4 rings (SSSR count). The summed E-state index contributed by atoms with van der Waals surface area (Å²) in [6.45, 7) is 8.68. The second kappa shape index (κ2) is 11.2. The number of allylic oxidation sites excluding steroid dienone is 1. The third kappa shape index (κ3) is 5.91. The van der Waals surface area contributed by atoms with Crippen molar-refractivity contribution in [3.05, 3.63) is 59.2 Å². The summed E-state index contributed by atoms with van der Waals surface area (Å²) in [5.41, 5.74) is 1.63. The summed E-state index contributed by atoms with van der Waals surface area (Å²) in [5, 5.41) is 10.4. The average Bonchev–Trinajstić information content (AvgIpc) is 3.48. The minimum absolute atomic E-state index is 0.119. The molecule has 0 aliphatic carbocycles. The number of H-pyrrole nitrogens is 2. The summed E-state index contributed by atoms with van der Waals surface area (Å²) in [6.07, 6.45) is 5.54. The van der Waals surface area contributed by atoms with Gasteiger partial charge < -0.3 is 19.9 Å². The molecule has 3 aromatic rings. The number of rotatable bonds is 8. The molecule has 0 amide bonds. The van der Waals surface area contributed by atoms with E-state index >= 15 is 0 Å². The molecule has 184 valence electrons. The van der Waals surface area contributed by atoms with Crippen LogP contribution >= 0.6 is 11.8 Å². The molecule has 1 saturated heterocycles. The van der Waals surface area contributed by atoms with Crippen LogP contribution in [-0.2, 0) is 0 Å². The Labute approximate surface area is 206 Å². The molecule has 0 bridgehead atoms. The van der Waals surface area contributed by atoms with Gasteiger partial charge in [0, 0.05) is 53.9 Å². The average molecular weight is 500 g/mol. The van der Waals surface area contributed by atoms with E-state index in [2.05, 4.69) is 42.1 Å². The number of hydrogen-bond acceptors (Lipinski definition) is 6. The maximum atomic E-state index is 14.9. The van der Waals surface area contributed by atoms with Gasteiger partial charge in [0.15, 0.2) is 29.9 Å². The van der Waals surface area contributed by atoms with E-state index in [1.807, 2.05) is 36.9 Å². The van der Waals surface area contributed by atoms with Gasteiger partial charge in [-0.1, -0.05) is 6.08 Å². The largest absolute Gasteiger partial charge is 0.468 e. The first-order chi connectivity index (χ1) is 17.0. The van der Waals surface area contributed by atoms with Crippen molar-refractivity contribution < 1.29 is 13.5 Å². The minimum Gasteiger partial charge on any atom is -0.468 e. The number of nitrogens with one attached hydrogen (secondary N) is 3. The molecule has 2 aromatic heterocycles. The molecule has 11 heteroatoms. The van der Waals surface area contributed by atoms with Crippen molar-refractivity contribution in [1.82, 2.24) is 20.1 Å². The number of anilines is 1. The highest BCUT2D eigenvalue weighted by Crippen LogP contribution is 2.29. The van der Waals surface area contributed by atoms with Gasteiger partial charge in [0.1, 0.15) is 11.7 Å². The first-order valence-corrected chi connectivity index (χ1v) is 12.2.